The van der Waals surface area contributed by atoms with Crippen LogP contribution in [-0.4, -0.2) is 18.2 Å². The van der Waals surface area contributed by atoms with Crippen molar-refractivity contribution < 1.29 is 19.4 Å². The van der Waals surface area contributed by atoms with Gasteiger partial charge in [-0.15, -0.1) is 0 Å². The molecule has 0 aliphatic heterocycles. The highest BCUT2D eigenvalue weighted by Crippen LogP contribution is 2.32. The fourth-order valence-electron chi connectivity index (χ4n) is 2.05. The number of methoxy groups -OCH3 is 1. The number of rotatable bonds is 6. The number of hydrogen-bond donors (Lipinski definition) is 1. The zero-order chi connectivity index (χ0) is 15.9. The van der Waals surface area contributed by atoms with E-state index in [4.69, 9.17) is 16.3 Å². The van der Waals surface area contributed by atoms with E-state index in [0.29, 0.717) is 16.1 Å². The molecule has 2 atom stereocenters. The number of aliphatic hydroxyl groups excluding tert-OH is 1. The van der Waals surface area contributed by atoms with E-state index >= 15 is 0 Å². The zero-order valence-electron chi connectivity index (χ0n) is 12.1. The summed E-state index contributed by atoms with van der Waals surface area (Å²) in [6.45, 7) is 0. The summed E-state index contributed by atoms with van der Waals surface area (Å²) in [7, 11) is 1.31. The Kier molecular flexibility index (Phi) is 5.95. The van der Waals surface area contributed by atoms with Gasteiger partial charge in [-0.25, -0.2) is 0 Å². The summed E-state index contributed by atoms with van der Waals surface area (Å²) in [5.74, 6) is -0.440. The van der Waals surface area contributed by atoms with Crippen LogP contribution in [0.25, 0.3) is 0 Å². The van der Waals surface area contributed by atoms with Gasteiger partial charge in [0, 0.05) is 16.1 Å². The zero-order valence-corrected chi connectivity index (χ0v) is 12.9. The van der Waals surface area contributed by atoms with Crippen molar-refractivity contribution in [3.63, 3.8) is 0 Å². The fourth-order valence-corrected chi connectivity index (χ4v) is 2.31. The number of hydrogen-bond acceptors (Lipinski definition) is 4. The van der Waals surface area contributed by atoms with Gasteiger partial charge in [0.1, 0.15) is 0 Å². The quantitative estimate of drug-likeness (QED) is 0.652. The van der Waals surface area contributed by atoms with E-state index < -0.39 is 18.4 Å². The molecule has 0 heterocycles. The first-order valence-corrected chi connectivity index (χ1v) is 7.19. The molecular weight excluding hydrogens is 304 g/mol. The first kappa shape index (κ1) is 16.5. The van der Waals surface area contributed by atoms with E-state index in [9.17, 15) is 9.90 Å². The normalized spacial score (nSPS) is 13.4. The van der Waals surface area contributed by atoms with Crippen LogP contribution in [0.4, 0.5) is 0 Å². The van der Waals surface area contributed by atoms with E-state index in [1.165, 1.54) is 7.11 Å². The van der Waals surface area contributed by atoms with Gasteiger partial charge in [-0.05, 0) is 6.07 Å². The Hall–Kier alpha value is -1.88. The second-order valence-electron chi connectivity index (χ2n) is 4.69. The lowest BCUT2D eigenvalue weighted by atomic mass is 10.1. The van der Waals surface area contributed by atoms with Gasteiger partial charge in [0.25, 0.3) is 0 Å². The molecule has 22 heavy (non-hydrogen) atoms. The highest BCUT2D eigenvalue weighted by Gasteiger charge is 2.23. The Morgan fingerprint density at radius 3 is 2.41 bits per heavy atom. The van der Waals surface area contributed by atoms with Gasteiger partial charge in [0.2, 0.25) is 0 Å². The molecule has 0 spiro atoms. The summed E-state index contributed by atoms with van der Waals surface area (Å²) < 4.78 is 10.3. The topological polar surface area (TPSA) is 55.8 Å². The summed E-state index contributed by atoms with van der Waals surface area (Å²) in [4.78, 5) is 11.6. The summed E-state index contributed by atoms with van der Waals surface area (Å²) in [5, 5.41) is 10.7. The van der Waals surface area contributed by atoms with Gasteiger partial charge in [-0.3, -0.25) is 4.79 Å². The smallest absolute Gasteiger partial charge is 0.308 e. The molecule has 0 saturated carbocycles. The number of carbonyl (C=O) groups is 1. The third-order valence-electron chi connectivity index (χ3n) is 3.21. The van der Waals surface area contributed by atoms with E-state index in [2.05, 4.69) is 4.74 Å². The molecule has 0 aromatic heterocycles. The summed E-state index contributed by atoms with van der Waals surface area (Å²) in [5.41, 5.74) is 1.23. The lowest BCUT2D eigenvalue weighted by Crippen LogP contribution is -2.15. The van der Waals surface area contributed by atoms with E-state index in [-0.39, 0.29) is 6.42 Å². The van der Waals surface area contributed by atoms with Gasteiger partial charge in [-0.1, -0.05) is 60.1 Å². The van der Waals surface area contributed by atoms with Crippen molar-refractivity contribution in [3.8, 4) is 0 Å². The summed E-state index contributed by atoms with van der Waals surface area (Å²) in [6, 6.07) is 16.0. The van der Waals surface area contributed by atoms with E-state index in [1.807, 2.05) is 6.07 Å². The van der Waals surface area contributed by atoms with Crippen LogP contribution in [0.3, 0.4) is 0 Å². The average molecular weight is 321 g/mol. The molecule has 0 bridgehead atoms. The summed E-state index contributed by atoms with van der Waals surface area (Å²) in [6.07, 6.45) is -1.90. The van der Waals surface area contributed by atoms with Crippen LogP contribution < -0.4 is 0 Å². The monoisotopic (exact) mass is 320 g/mol. The molecule has 0 radical (unpaired) electrons. The summed E-state index contributed by atoms with van der Waals surface area (Å²) >= 11 is 6.16. The Balaban J connectivity index is 2.21. The minimum Gasteiger partial charge on any atom is -0.469 e. The molecule has 4 nitrogen and oxygen atoms in total. The maximum Gasteiger partial charge on any atom is 0.308 e. The number of halogens is 1. The van der Waals surface area contributed by atoms with Crippen LogP contribution >= 0.6 is 11.6 Å². The molecule has 5 heteroatoms. The van der Waals surface area contributed by atoms with Gasteiger partial charge < -0.3 is 14.6 Å². The third kappa shape index (κ3) is 4.31. The van der Waals surface area contributed by atoms with Crippen molar-refractivity contribution >= 4 is 17.6 Å². The Morgan fingerprint density at radius 1 is 1.14 bits per heavy atom. The highest BCUT2D eigenvalue weighted by atomic mass is 35.5. The highest BCUT2D eigenvalue weighted by molar-refractivity contribution is 6.31. The maximum absolute atomic E-state index is 11.6. The molecule has 0 saturated heterocycles. The van der Waals surface area contributed by atoms with Crippen LogP contribution in [0.5, 0.6) is 0 Å². The van der Waals surface area contributed by atoms with Crippen LogP contribution in [0.15, 0.2) is 54.6 Å². The molecule has 1 unspecified atom stereocenters. The number of ether oxygens (including phenoxy) is 2. The lowest BCUT2D eigenvalue weighted by molar-refractivity contribution is -0.161. The molecule has 2 rings (SSSR count). The SMILES string of the molecule is COC(=O)C[C@@H](OC(O)c1ccccc1)c1ccccc1Cl. The van der Waals surface area contributed by atoms with Crippen molar-refractivity contribution in [2.45, 2.75) is 18.8 Å². The minimum absolute atomic E-state index is 0.0376. The Bertz CT molecular complexity index is 615. The molecule has 0 aliphatic rings. The molecule has 2 aromatic carbocycles. The fraction of sp³-hybridized carbons (Fsp3) is 0.235. The molecule has 116 valence electrons. The van der Waals surface area contributed by atoms with Gasteiger partial charge in [0.05, 0.1) is 19.6 Å². The van der Waals surface area contributed by atoms with Crippen molar-refractivity contribution in [2.24, 2.45) is 0 Å². The number of aliphatic hydroxyl groups is 1. The molecule has 0 fully saturated rings. The lowest BCUT2D eigenvalue weighted by Gasteiger charge is -2.22. The number of benzene rings is 2. The van der Waals surface area contributed by atoms with Crippen LogP contribution in [-0.2, 0) is 14.3 Å². The van der Waals surface area contributed by atoms with Gasteiger partial charge in [0.15, 0.2) is 6.29 Å². The van der Waals surface area contributed by atoms with Crippen LogP contribution in [0, 0.1) is 0 Å². The second-order valence-corrected chi connectivity index (χ2v) is 5.10. The van der Waals surface area contributed by atoms with E-state index in [0.717, 1.165) is 0 Å². The van der Waals surface area contributed by atoms with Crippen LogP contribution in [0.1, 0.15) is 29.9 Å². The predicted molar refractivity (Wildman–Crippen MR) is 83.3 cm³/mol. The minimum atomic E-state index is -1.16. The van der Waals surface area contributed by atoms with Crippen molar-refractivity contribution in [1.29, 1.82) is 0 Å². The largest absolute Gasteiger partial charge is 0.469 e. The maximum atomic E-state index is 11.6. The Morgan fingerprint density at radius 2 is 1.77 bits per heavy atom. The van der Waals surface area contributed by atoms with Crippen molar-refractivity contribution in [2.75, 3.05) is 7.11 Å². The van der Waals surface area contributed by atoms with Crippen molar-refractivity contribution in [1.82, 2.24) is 0 Å². The molecule has 0 aliphatic carbocycles. The molecular formula is C17H17ClO4. The van der Waals surface area contributed by atoms with E-state index in [1.54, 1.807) is 48.5 Å². The first-order chi connectivity index (χ1) is 10.6. The Labute approximate surface area is 134 Å². The van der Waals surface area contributed by atoms with Gasteiger partial charge >= 0.3 is 5.97 Å². The number of carbonyl (C=O) groups excluding carboxylic acids is 1. The van der Waals surface area contributed by atoms with Gasteiger partial charge in [-0.2, -0.15) is 0 Å². The molecule has 2 aromatic rings. The average Bonchev–Trinajstić information content (AvgIpc) is 2.55. The molecule has 0 amide bonds. The number of esters is 1. The molecule has 1 N–H and O–H groups in total. The standard InChI is InChI=1S/C17H17ClO4/c1-21-16(19)11-15(13-9-5-6-10-14(13)18)22-17(20)12-7-3-2-4-8-12/h2-10,15,17,20H,11H2,1H3/t15-,17?/m1/s1. The first-order valence-electron chi connectivity index (χ1n) is 6.81. The third-order valence-corrected chi connectivity index (χ3v) is 3.55. The second kappa shape index (κ2) is 7.94. The van der Waals surface area contributed by atoms with Crippen molar-refractivity contribution in [3.05, 3.63) is 70.7 Å². The predicted octanol–water partition coefficient (Wildman–Crippen LogP) is 3.65. The van der Waals surface area contributed by atoms with Crippen LogP contribution in [0.2, 0.25) is 5.02 Å².